The van der Waals surface area contributed by atoms with Crippen LogP contribution in [0.15, 0.2) is 43.0 Å². The van der Waals surface area contributed by atoms with Gasteiger partial charge in [-0.05, 0) is 17.7 Å². The van der Waals surface area contributed by atoms with Crippen LogP contribution in [0.4, 0.5) is 0 Å². The van der Waals surface area contributed by atoms with Crippen LogP contribution in [-0.4, -0.2) is 14.8 Å². The molecule has 0 saturated carbocycles. The molecule has 0 saturated heterocycles. The van der Waals surface area contributed by atoms with Crippen molar-refractivity contribution in [3.63, 3.8) is 0 Å². The van der Waals surface area contributed by atoms with E-state index in [0.717, 1.165) is 6.54 Å². The fourth-order valence-corrected chi connectivity index (χ4v) is 1.07. The molecular weight excluding hydrogens is 150 g/mol. The van der Waals surface area contributed by atoms with Gasteiger partial charge in [-0.1, -0.05) is 6.07 Å². The van der Waals surface area contributed by atoms with Crippen LogP contribution in [0.25, 0.3) is 0 Å². The number of hydrogen-bond donors (Lipinski definition) is 0. The van der Waals surface area contributed by atoms with Gasteiger partial charge in [0, 0.05) is 24.8 Å². The number of aromatic nitrogens is 3. The third-order valence-electron chi connectivity index (χ3n) is 1.63. The normalized spacial score (nSPS) is 10.0. The Morgan fingerprint density at radius 1 is 1.25 bits per heavy atom. The van der Waals surface area contributed by atoms with E-state index in [1.165, 1.54) is 5.56 Å². The van der Waals surface area contributed by atoms with Gasteiger partial charge in [-0.25, -0.2) is 0 Å². The smallest absolute Gasteiger partial charge is 0.0674 e. The van der Waals surface area contributed by atoms with Crippen LogP contribution in [0.5, 0.6) is 0 Å². The van der Waals surface area contributed by atoms with Gasteiger partial charge in [0.05, 0.1) is 6.54 Å². The van der Waals surface area contributed by atoms with E-state index in [4.69, 9.17) is 0 Å². The zero-order chi connectivity index (χ0) is 8.23. The minimum absolute atomic E-state index is 0.792. The third-order valence-corrected chi connectivity index (χ3v) is 1.63. The molecule has 0 atom stereocenters. The summed E-state index contributed by atoms with van der Waals surface area (Å²) < 4.78 is 1.87. The SMILES string of the molecule is c1cncc(Cn2cccn2)c1. The Bertz CT molecular complexity index is 326. The summed E-state index contributed by atoms with van der Waals surface area (Å²) in [5.74, 6) is 0. The van der Waals surface area contributed by atoms with E-state index in [2.05, 4.69) is 10.1 Å². The molecule has 3 heteroatoms. The van der Waals surface area contributed by atoms with Gasteiger partial charge in [-0.3, -0.25) is 9.67 Å². The van der Waals surface area contributed by atoms with Crippen LogP contribution in [0.1, 0.15) is 5.56 Å². The number of nitrogens with zero attached hydrogens (tertiary/aromatic N) is 3. The monoisotopic (exact) mass is 159 g/mol. The van der Waals surface area contributed by atoms with Crippen molar-refractivity contribution in [2.45, 2.75) is 6.54 Å². The average molecular weight is 159 g/mol. The van der Waals surface area contributed by atoms with Gasteiger partial charge in [0.15, 0.2) is 0 Å². The van der Waals surface area contributed by atoms with E-state index < -0.39 is 0 Å². The van der Waals surface area contributed by atoms with E-state index in [0.29, 0.717) is 0 Å². The molecule has 0 bridgehead atoms. The van der Waals surface area contributed by atoms with Crippen LogP contribution in [0.2, 0.25) is 0 Å². The first kappa shape index (κ1) is 7.03. The van der Waals surface area contributed by atoms with Gasteiger partial charge in [-0.15, -0.1) is 0 Å². The van der Waals surface area contributed by atoms with Crippen molar-refractivity contribution >= 4 is 0 Å². The second-order valence-corrected chi connectivity index (χ2v) is 2.56. The van der Waals surface area contributed by atoms with Crippen LogP contribution < -0.4 is 0 Å². The Balaban J connectivity index is 2.15. The molecule has 0 aliphatic heterocycles. The Kier molecular flexibility index (Phi) is 1.86. The summed E-state index contributed by atoms with van der Waals surface area (Å²) in [5, 5.41) is 4.10. The summed E-state index contributed by atoms with van der Waals surface area (Å²) >= 11 is 0. The van der Waals surface area contributed by atoms with E-state index in [9.17, 15) is 0 Å². The lowest BCUT2D eigenvalue weighted by Gasteiger charge is -1.99. The summed E-state index contributed by atoms with van der Waals surface area (Å²) in [7, 11) is 0. The van der Waals surface area contributed by atoms with Gasteiger partial charge >= 0.3 is 0 Å². The average Bonchev–Trinajstić information content (AvgIpc) is 2.59. The van der Waals surface area contributed by atoms with Gasteiger partial charge in [-0.2, -0.15) is 5.10 Å². The van der Waals surface area contributed by atoms with Gasteiger partial charge in [0.1, 0.15) is 0 Å². The Labute approximate surface area is 70.7 Å². The van der Waals surface area contributed by atoms with Crippen molar-refractivity contribution in [1.29, 1.82) is 0 Å². The minimum atomic E-state index is 0.792. The lowest BCUT2D eigenvalue weighted by Crippen LogP contribution is -1.99. The lowest BCUT2D eigenvalue weighted by atomic mass is 10.3. The van der Waals surface area contributed by atoms with Crippen molar-refractivity contribution in [2.75, 3.05) is 0 Å². The minimum Gasteiger partial charge on any atom is -0.268 e. The Morgan fingerprint density at radius 3 is 2.92 bits per heavy atom. The van der Waals surface area contributed by atoms with Crippen molar-refractivity contribution in [3.05, 3.63) is 48.5 Å². The molecule has 3 nitrogen and oxygen atoms in total. The molecule has 2 aromatic rings. The van der Waals surface area contributed by atoms with E-state index >= 15 is 0 Å². The lowest BCUT2D eigenvalue weighted by molar-refractivity contribution is 0.685. The molecule has 0 fully saturated rings. The summed E-state index contributed by atoms with van der Waals surface area (Å²) in [5.41, 5.74) is 1.17. The summed E-state index contributed by atoms with van der Waals surface area (Å²) in [6.07, 6.45) is 7.33. The van der Waals surface area contributed by atoms with Crippen LogP contribution in [-0.2, 0) is 6.54 Å². The Morgan fingerprint density at radius 2 is 2.25 bits per heavy atom. The first-order valence-electron chi connectivity index (χ1n) is 3.81. The van der Waals surface area contributed by atoms with Crippen LogP contribution >= 0.6 is 0 Å². The van der Waals surface area contributed by atoms with Gasteiger partial charge in [0.25, 0.3) is 0 Å². The predicted octanol–water partition coefficient (Wildman–Crippen LogP) is 1.33. The van der Waals surface area contributed by atoms with E-state index in [1.807, 2.05) is 35.3 Å². The molecule has 0 aliphatic carbocycles. The van der Waals surface area contributed by atoms with Gasteiger partial charge in [0.2, 0.25) is 0 Å². The molecule has 2 rings (SSSR count). The van der Waals surface area contributed by atoms with Crippen molar-refractivity contribution in [1.82, 2.24) is 14.8 Å². The molecule has 2 heterocycles. The first-order valence-corrected chi connectivity index (χ1v) is 3.81. The van der Waals surface area contributed by atoms with Crippen molar-refractivity contribution < 1.29 is 0 Å². The van der Waals surface area contributed by atoms with E-state index in [-0.39, 0.29) is 0 Å². The van der Waals surface area contributed by atoms with E-state index in [1.54, 1.807) is 12.4 Å². The molecule has 0 aliphatic rings. The molecular formula is C9H9N3. The van der Waals surface area contributed by atoms with Crippen LogP contribution in [0, 0.1) is 0 Å². The highest BCUT2D eigenvalue weighted by Gasteiger charge is 1.92. The Hall–Kier alpha value is -1.64. The maximum Gasteiger partial charge on any atom is 0.0674 e. The number of rotatable bonds is 2. The summed E-state index contributed by atoms with van der Waals surface area (Å²) in [4.78, 5) is 4.02. The maximum atomic E-state index is 4.10. The molecule has 0 spiro atoms. The zero-order valence-corrected chi connectivity index (χ0v) is 6.59. The quantitative estimate of drug-likeness (QED) is 0.661. The number of pyridine rings is 1. The van der Waals surface area contributed by atoms with Crippen molar-refractivity contribution in [3.8, 4) is 0 Å². The molecule has 0 amide bonds. The number of hydrogen-bond acceptors (Lipinski definition) is 2. The molecule has 0 unspecified atom stereocenters. The van der Waals surface area contributed by atoms with Gasteiger partial charge < -0.3 is 0 Å². The fraction of sp³-hybridized carbons (Fsp3) is 0.111. The molecule has 2 aromatic heterocycles. The van der Waals surface area contributed by atoms with Crippen LogP contribution in [0.3, 0.4) is 0 Å². The molecule has 12 heavy (non-hydrogen) atoms. The zero-order valence-electron chi connectivity index (χ0n) is 6.59. The third kappa shape index (κ3) is 1.50. The molecule has 0 aromatic carbocycles. The second-order valence-electron chi connectivity index (χ2n) is 2.56. The highest BCUT2D eigenvalue weighted by molar-refractivity contribution is 5.08. The summed E-state index contributed by atoms with van der Waals surface area (Å²) in [6, 6.07) is 5.88. The maximum absolute atomic E-state index is 4.10. The standard InChI is InChI=1S/C9H9N3/c1-3-9(7-10-4-1)8-12-6-2-5-11-12/h1-7H,8H2. The highest BCUT2D eigenvalue weighted by Crippen LogP contribution is 1.98. The second kappa shape index (κ2) is 3.17. The van der Waals surface area contributed by atoms with Crippen molar-refractivity contribution in [2.24, 2.45) is 0 Å². The predicted molar refractivity (Wildman–Crippen MR) is 45.6 cm³/mol. The largest absolute Gasteiger partial charge is 0.268 e. The first-order chi connectivity index (χ1) is 5.95. The summed E-state index contributed by atoms with van der Waals surface area (Å²) in [6.45, 7) is 0.792. The molecule has 60 valence electrons. The molecule has 0 radical (unpaired) electrons. The topological polar surface area (TPSA) is 30.7 Å². The highest BCUT2D eigenvalue weighted by atomic mass is 15.3. The molecule has 0 N–H and O–H groups in total. The fourth-order valence-electron chi connectivity index (χ4n) is 1.07.